The van der Waals surface area contributed by atoms with Gasteiger partial charge in [0.25, 0.3) is 5.91 Å². The van der Waals surface area contributed by atoms with E-state index < -0.39 is 0 Å². The van der Waals surface area contributed by atoms with Gasteiger partial charge in [-0.2, -0.15) is 0 Å². The molecule has 0 fully saturated rings. The number of amides is 1. The van der Waals surface area contributed by atoms with Gasteiger partial charge in [-0.15, -0.1) is 10.2 Å². The molecular weight excluding hydrogens is 236 g/mol. The standard InChI is InChI=1S/C11H12N4OS/c1-7-3-4-9(12-2)8(5-7)10(16)14-11-15-13-6-17-11/h3-6,12H,1-2H3,(H,14,15,16). The lowest BCUT2D eigenvalue weighted by Gasteiger charge is -2.09. The number of rotatable bonds is 3. The summed E-state index contributed by atoms with van der Waals surface area (Å²) in [5, 5.41) is 13.6. The van der Waals surface area contributed by atoms with Crippen LogP contribution in [0.2, 0.25) is 0 Å². The summed E-state index contributed by atoms with van der Waals surface area (Å²) >= 11 is 1.29. The molecule has 0 radical (unpaired) electrons. The van der Waals surface area contributed by atoms with E-state index in [1.165, 1.54) is 11.3 Å². The highest BCUT2D eigenvalue weighted by atomic mass is 32.1. The molecule has 6 heteroatoms. The van der Waals surface area contributed by atoms with Crippen molar-refractivity contribution in [2.75, 3.05) is 17.7 Å². The number of benzene rings is 1. The van der Waals surface area contributed by atoms with Gasteiger partial charge in [0, 0.05) is 12.7 Å². The molecule has 17 heavy (non-hydrogen) atoms. The van der Waals surface area contributed by atoms with E-state index in [0.717, 1.165) is 11.3 Å². The van der Waals surface area contributed by atoms with Gasteiger partial charge in [-0.3, -0.25) is 10.1 Å². The van der Waals surface area contributed by atoms with E-state index in [0.29, 0.717) is 10.7 Å². The second-order valence-corrected chi connectivity index (χ2v) is 4.33. The van der Waals surface area contributed by atoms with Crippen LogP contribution < -0.4 is 10.6 Å². The van der Waals surface area contributed by atoms with Crippen molar-refractivity contribution in [1.29, 1.82) is 0 Å². The molecule has 0 saturated heterocycles. The first-order valence-corrected chi connectivity index (χ1v) is 5.94. The van der Waals surface area contributed by atoms with Crippen LogP contribution in [0.3, 0.4) is 0 Å². The van der Waals surface area contributed by atoms with Crippen molar-refractivity contribution in [3.8, 4) is 0 Å². The van der Waals surface area contributed by atoms with Gasteiger partial charge in [0.1, 0.15) is 5.51 Å². The maximum Gasteiger partial charge on any atom is 0.259 e. The van der Waals surface area contributed by atoms with Crippen molar-refractivity contribution in [3.63, 3.8) is 0 Å². The molecule has 2 rings (SSSR count). The Balaban J connectivity index is 2.26. The highest BCUT2D eigenvalue weighted by molar-refractivity contribution is 7.13. The van der Waals surface area contributed by atoms with Gasteiger partial charge in [-0.05, 0) is 19.1 Å². The lowest BCUT2D eigenvalue weighted by molar-refractivity contribution is 0.102. The minimum atomic E-state index is -0.185. The summed E-state index contributed by atoms with van der Waals surface area (Å²) < 4.78 is 0. The van der Waals surface area contributed by atoms with Gasteiger partial charge in [0.05, 0.1) is 5.56 Å². The van der Waals surface area contributed by atoms with Crippen LogP contribution in [0.5, 0.6) is 0 Å². The Hall–Kier alpha value is -1.95. The number of carbonyl (C=O) groups is 1. The normalized spacial score (nSPS) is 10.0. The highest BCUT2D eigenvalue weighted by Crippen LogP contribution is 2.19. The van der Waals surface area contributed by atoms with Crippen molar-refractivity contribution < 1.29 is 4.79 Å². The Morgan fingerprint density at radius 1 is 1.41 bits per heavy atom. The number of hydrogen-bond acceptors (Lipinski definition) is 5. The molecule has 0 spiro atoms. The number of carbonyl (C=O) groups excluding carboxylic acids is 1. The molecule has 0 aliphatic rings. The zero-order valence-corrected chi connectivity index (χ0v) is 10.3. The SMILES string of the molecule is CNc1ccc(C)cc1C(=O)Nc1nncs1. The van der Waals surface area contributed by atoms with Crippen LogP contribution in [0.15, 0.2) is 23.7 Å². The molecule has 1 aromatic carbocycles. The largest absolute Gasteiger partial charge is 0.387 e. The predicted octanol–water partition coefficient (Wildman–Crippen LogP) is 2.14. The fourth-order valence-corrected chi connectivity index (χ4v) is 1.90. The summed E-state index contributed by atoms with van der Waals surface area (Å²) in [6.45, 7) is 1.95. The summed E-state index contributed by atoms with van der Waals surface area (Å²) in [6.07, 6.45) is 0. The third-order valence-corrected chi connectivity index (χ3v) is 2.88. The first kappa shape index (κ1) is 11.5. The fourth-order valence-electron chi connectivity index (χ4n) is 1.46. The number of anilines is 2. The molecule has 0 bridgehead atoms. The van der Waals surface area contributed by atoms with Crippen LogP contribution in [0.25, 0.3) is 0 Å². The van der Waals surface area contributed by atoms with E-state index in [-0.39, 0.29) is 5.91 Å². The van der Waals surface area contributed by atoms with Crippen LogP contribution in [-0.4, -0.2) is 23.2 Å². The quantitative estimate of drug-likeness (QED) is 0.873. The summed E-state index contributed by atoms with van der Waals surface area (Å²) in [5.74, 6) is -0.185. The molecule has 5 nitrogen and oxygen atoms in total. The molecule has 2 aromatic rings. The topological polar surface area (TPSA) is 66.9 Å². The Kier molecular flexibility index (Phi) is 3.34. The highest BCUT2D eigenvalue weighted by Gasteiger charge is 2.12. The van der Waals surface area contributed by atoms with Gasteiger partial charge in [0.15, 0.2) is 0 Å². The summed E-state index contributed by atoms with van der Waals surface area (Å²) in [6, 6.07) is 5.67. The van der Waals surface area contributed by atoms with Crippen LogP contribution in [0.4, 0.5) is 10.8 Å². The zero-order chi connectivity index (χ0) is 12.3. The van der Waals surface area contributed by atoms with E-state index in [1.54, 1.807) is 12.6 Å². The predicted molar refractivity (Wildman–Crippen MR) is 68.6 cm³/mol. The summed E-state index contributed by atoms with van der Waals surface area (Å²) in [7, 11) is 1.78. The zero-order valence-electron chi connectivity index (χ0n) is 9.52. The Labute approximate surface area is 103 Å². The third kappa shape index (κ3) is 2.59. The van der Waals surface area contributed by atoms with Crippen LogP contribution in [0, 0.1) is 6.92 Å². The number of nitrogens with one attached hydrogen (secondary N) is 2. The Bertz CT molecular complexity index is 524. The average Bonchev–Trinajstić information content (AvgIpc) is 2.81. The molecule has 0 unspecified atom stereocenters. The summed E-state index contributed by atoms with van der Waals surface area (Å²) in [4.78, 5) is 12.0. The van der Waals surface area contributed by atoms with Gasteiger partial charge < -0.3 is 5.32 Å². The van der Waals surface area contributed by atoms with Gasteiger partial charge in [-0.1, -0.05) is 23.0 Å². The summed E-state index contributed by atoms with van der Waals surface area (Å²) in [5.41, 5.74) is 4.00. The molecule has 0 atom stereocenters. The van der Waals surface area contributed by atoms with Crippen LogP contribution in [0.1, 0.15) is 15.9 Å². The molecule has 0 aliphatic heterocycles. The van der Waals surface area contributed by atoms with Gasteiger partial charge in [-0.25, -0.2) is 0 Å². The molecule has 2 N–H and O–H groups in total. The average molecular weight is 248 g/mol. The van der Waals surface area contributed by atoms with Crippen LogP contribution >= 0.6 is 11.3 Å². The third-order valence-electron chi connectivity index (χ3n) is 2.27. The Morgan fingerprint density at radius 3 is 2.88 bits per heavy atom. The molecule has 1 heterocycles. The van der Waals surface area contributed by atoms with E-state index >= 15 is 0 Å². The van der Waals surface area contributed by atoms with E-state index in [1.807, 2.05) is 25.1 Å². The lowest BCUT2D eigenvalue weighted by atomic mass is 10.1. The van der Waals surface area contributed by atoms with E-state index in [4.69, 9.17) is 0 Å². The maximum absolute atomic E-state index is 12.0. The molecule has 1 amide bonds. The fraction of sp³-hybridized carbons (Fsp3) is 0.182. The monoisotopic (exact) mass is 248 g/mol. The second kappa shape index (κ2) is 4.92. The first-order valence-electron chi connectivity index (χ1n) is 5.06. The Morgan fingerprint density at radius 2 is 2.24 bits per heavy atom. The molecular formula is C11H12N4OS. The van der Waals surface area contributed by atoms with Crippen molar-refractivity contribution >= 4 is 28.1 Å². The van der Waals surface area contributed by atoms with Gasteiger partial charge in [0.2, 0.25) is 5.13 Å². The van der Waals surface area contributed by atoms with E-state index in [9.17, 15) is 4.79 Å². The van der Waals surface area contributed by atoms with Crippen molar-refractivity contribution in [2.45, 2.75) is 6.92 Å². The molecule has 88 valence electrons. The molecule has 0 aliphatic carbocycles. The smallest absolute Gasteiger partial charge is 0.259 e. The van der Waals surface area contributed by atoms with Crippen molar-refractivity contribution in [2.24, 2.45) is 0 Å². The van der Waals surface area contributed by atoms with E-state index in [2.05, 4.69) is 20.8 Å². The number of aromatic nitrogens is 2. The molecule has 1 aromatic heterocycles. The maximum atomic E-state index is 12.0. The van der Waals surface area contributed by atoms with Crippen LogP contribution in [-0.2, 0) is 0 Å². The first-order chi connectivity index (χ1) is 8.20. The van der Waals surface area contributed by atoms with Gasteiger partial charge >= 0.3 is 0 Å². The number of aryl methyl sites for hydroxylation is 1. The van der Waals surface area contributed by atoms with Crippen molar-refractivity contribution in [3.05, 3.63) is 34.8 Å². The lowest BCUT2D eigenvalue weighted by Crippen LogP contribution is -2.14. The molecule has 0 saturated carbocycles. The second-order valence-electron chi connectivity index (χ2n) is 3.50. The number of nitrogens with zero attached hydrogens (tertiary/aromatic N) is 2. The number of hydrogen-bond donors (Lipinski definition) is 2. The minimum absolute atomic E-state index is 0.185. The van der Waals surface area contributed by atoms with Crippen molar-refractivity contribution in [1.82, 2.24) is 10.2 Å². The minimum Gasteiger partial charge on any atom is -0.387 e.